The minimum absolute atomic E-state index is 0.0270. The zero-order chi connectivity index (χ0) is 17.1. The molecule has 1 fully saturated rings. The number of amides is 3. The van der Waals surface area contributed by atoms with Crippen LogP contribution in [0.1, 0.15) is 46.5 Å². The van der Waals surface area contributed by atoms with Crippen LogP contribution in [0.5, 0.6) is 0 Å². The monoisotopic (exact) mass is 329 g/mol. The Bertz CT molecular complexity index is 758. The van der Waals surface area contributed by atoms with Gasteiger partial charge in [0.1, 0.15) is 0 Å². The Morgan fingerprint density at radius 2 is 2.29 bits per heavy atom. The van der Waals surface area contributed by atoms with Gasteiger partial charge in [0.2, 0.25) is 0 Å². The van der Waals surface area contributed by atoms with Crippen LogP contribution in [-0.2, 0) is 6.54 Å². The third kappa shape index (κ3) is 3.37. The summed E-state index contributed by atoms with van der Waals surface area (Å²) >= 11 is 0. The van der Waals surface area contributed by atoms with Crippen molar-refractivity contribution in [1.29, 1.82) is 0 Å². The number of rotatable bonds is 4. The Morgan fingerprint density at radius 1 is 1.46 bits per heavy atom. The smallest absolute Gasteiger partial charge is 0.318 e. The van der Waals surface area contributed by atoms with Crippen LogP contribution in [0, 0.1) is 6.92 Å². The first-order chi connectivity index (χ1) is 11.5. The van der Waals surface area contributed by atoms with E-state index in [2.05, 4.69) is 15.5 Å². The number of aryl methyl sites for hydroxylation is 1. The zero-order valence-corrected chi connectivity index (χ0v) is 13.4. The molecule has 2 aromatic heterocycles. The summed E-state index contributed by atoms with van der Waals surface area (Å²) in [5.41, 5.74) is 6.99. The van der Waals surface area contributed by atoms with Crippen LogP contribution in [0.25, 0.3) is 0 Å². The highest BCUT2D eigenvalue weighted by atomic mass is 16.5. The number of likely N-dealkylation sites (tertiary alicyclic amines) is 1. The largest absolute Gasteiger partial charge is 0.364 e. The quantitative estimate of drug-likeness (QED) is 0.882. The number of hydrogen-bond donors (Lipinski definition) is 2. The molecule has 24 heavy (non-hydrogen) atoms. The second-order valence-corrected chi connectivity index (χ2v) is 5.76. The number of nitrogens with one attached hydrogen (secondary N) is 1. The summed E-state index contributed by atoms with van der Waals surface area (Å²) in [6.45, 7) is 2.75. The number of nitrogens with zero attached hydrogens (tertiary/aromatic N) is 3. The van der Waals surface area contributed by atoms with E-state index in [1.807, 2.05) is 25.1 Å². The molecule has 0 spiro atoms. The predicted molar refractivity (Wildman–Crippen MR) is 84.9 cm³/mol. The standard InChI is InChI=1S/C16H19N5O3/c1-10-4-2-5-12(19-10)14-6-3-7-21(14)16(23)18-9-11-8-13(15(17)22)20-24-11/h2,4-5,8,14H,3,6-7,9H2,1H3,(H2,17,22)(H,18,23). The second-order valence-electron chi connectivity index (χ2n) is 5.76. The van der Waals surface area contributed by atoms with Gasteiger partial charge in [0.05, 0.1) is 18.3 Å². The van der Waals surface area contributed by atoms with Crippen LogP contribution in [0.4, 0.5) is 4.79 Å². The molecule has 3 heterocycles. The van der Waals surface area contributed by atoms with Crippen LogP contribution < -0.4 is 11.1 Å². The van der Waals surface area contributed by atoms with E-state index in [9.17, 15) is 9.59 Å². The van der Waals surface area contributed by atoms with Gasteiger partial charge in [-0.15, -0.1) is 0 Å². The number of primary amides is 1. The van der Waals surface area contributed by atoms with Crippen LogP contribution in [-0.4, -0.2) is 33.5 Å². The molecular formula is C16H19N5O3. The molecule has 3 amide bonds. The van der Waals surface area contributed by atoms with Gasteiger partial charge in [0.15, 0.2) is 11.5 Å². The van der Waals surface area contributed by atoms with Crippen molar-refractivity contribution in [3.63, 3.8) is 0 Å². The summed E-state index contributed by atoms with van der Waals surface area (Å²) in [7, 11) is 0. The maximum Gasteiger partial charge on any atom is 0.318 e. The summed E-state index contributed by atoms with van der Waals surface area (Å²) < 4.78 is 4.97. The van der Waals surface area contributed by atoms with Gasteiger partial charge in [0, 0.05) is 18.3 Å². The number of aromatic nitrogens is 2. The van der Waals surface area contributed by atoms with Gasteiger partial charge in [0.25, 0.3) is 5.91 Å². The molecule has 8 heteroatoms. The van der Waals surface area contributed by atoms with Crippen LogP contribution in [0.3, 0.4) is 0 Å². The Kier molecular flexibility index (Phi) is 4.45. The van der Waals surface area contributed by atoms with Crippen molar-refractivity contribution in [2.24, 2.45) is 5.73 Å². The molecule has 0 radical (unpaired) electrons. The second kappa shape index (κ2) is 6.69. The van der Waals surface area contributed by atoms with Crippen molar-refractivity contribution in [1.82, 2.24) is 20.4 Å². The third-order valence-electron chi connectivity index (χ3n) is 3.99. The topological polar surface area (TPSA) is 114 Å². The molecule has 3 rings (SSSR count). The van der Waals surface area contributed by atoms with Crippen molar-refractivity contribution < 1.29 is 14.1 Å². The third-order valence-corrected chi connectivity index (χ3v) is 3.99. The molecule has 1 unspecified atom stereocenters. The molecule has 0 bridgehead atoms. The van der Waals surface area contributed by atoms with E-state index in [4.69, 9.17) is 10.3 Å². The molecule has 1 atom stereocenters. The number of nitrogens with two attached hydrogens (primary N) is 1. The lowest BCUT2D eigenvalue weighted by Gasteiger charge is -2.24. The van der Waals surface area contributed by atoms with E-state index >= 15 is 0 Å². The molecular weight excluding hydrogens is 310 g/mol. The highest BCUT2D eigenvalue weighted by molar-refractivity contribution is 5.90. The lowest BCUT2D eigenvalue weighted by molar-refractivity contribution is 0.0991. The van der Waals surface area contributed by atoms with E-state index in [1.54, 1.807) is 4.90 Å². The summed E-state index contributed by atoms with van der Waals surface area (Å²) in [5.74, 6) is -0.289. The average molecular weight is 329 g/mol. The fourth-order valence-electron chi connectivity index (χ4n) is 2.84. The van der Waals surface area contributed by atoms with Crippen molar-refractivity contribution in [3.8, 4) is 0 Å². The number of carbonyl (C=O) groups excluding carboxylic acids is 2. The molecule has 1 aliphatic rings. The maximum atomic E-state index is 12.5. The lowest BCUT2D eigenvalue weighted by Crippen LogP contribution is -2.39. The first-order valence-electron chi connectivity index (χ1n) is 7.78. The molecule has 2 aromatic rings. The van der Waals surface area contributed by atoms with Gasteiger partial charge < -0.3 is 20.5 Å². The van der Waals surface area contributed by atoms with Crippen LogP contribution >= 0.6 is 0 Å². The summed E-state index contributed by atoms with van der Waals surface area (Å²) in [5, 5.41) is 6.32. The highest BCUT2D eigenvalue weighted by Gasteiger charge is 2.31. The van der Waals surface area contributed by atoms with Gasteiger partial charge in [-0.05, 0) is 31.9 Å². The fraction of sp³-hybridized carbons (Fsp3) is 0.375. The summed E-state index contributed by atoms with van der Waals surface area (Å²) in [4.78, 5) is 29.7. The van der Waals surface area contributed by atoms with Crippen molar-refractivity contribution >= 4 is 11.9 Å². The van der Waals surface area contributed by atoms with Gasteiger partial charge in [-0.1, -0.05) is 11.2 Å². The van der Waals surface area contributed by atoms with E-state index in [1.165, 1.54) is 6.07 Å². The van der Waals surface area contributed by atoms with Crippen LogP contribution in [0.15, 0.2) is 28.8 Å². The van der Waals surface area contributed by atoms with Crippen molar-refractivity contribution in [3.05, 3.63) is 47.1 Å². The van der Waals surface area contributed by atoms with E-state index in [0.717, 1.165) is 24.2 Å². The number of urea groups is 1. The zero-order valence-electron chi connectivity index (χ0n) is 13.4. The van der Waals surface area contributed by atoms with Gasteiger partial charge in [-0.3, -0.25) is 9.78 Å². The van der Waals surface area contributed by atoms with E-state index < -0.39 is 5.91 Å². The minimum Gasteiger partial charge on any atom is -0.364 e. The number of hydrogen-bond acceptors (Lipinski definition) is 5. The first-order valence-corrected chi connectivity index (χ1v) is 7.78. The SMILES string of the molecule is Cc1cccc(C2CCCN2C(=O)NCc2cc(C(N)=O)no2)n1. The van der Waals surface area contributed by atoms with Gasteiger partial charge in [-0.25, -0.2) is 4.79 Å². The molecule has 0 aromatic carbocycles. The molecule has 126 valence electrons. The molecule has 3 N–H and O–H groups in total. The maximum absolute atomic E-state index is 12.5. The summed E-state index contributed by atoms with van der Waals surface area (Å²) in [6, 6.07) is 7.03. The lowest BCUT2D eigenvalue weighted by atomic mass is 10.1. The molecule has 0 saturated carbocycles. The minimum atomic E-state index is -0.665. The van der Waals surface area contributed by atoms with Crippen molar-refractivity contribution in [2.45, 2.75) is 32.4 Å². The first kappa shape index (κ1) is 16.0. The number of carbonyl (C=O) groups is 2. The average Bonchev–Trinajstić information content (AvgIpc) is 3.22. The Balaban J connectivity index is 1.64. The Morgan fingerprint density at radius 3 is 3.00 bits per heavy atom. The van der Waals surface area contributed by atoms with E-state index in [-0.39, 0.29) is 24.3 Å². The normalized spacial score (nSPS) is 17.0. The summed E-state index contributed by atoms with van der Waals surface area (Å²) in [6.07, 6.45) is 1.82. The number of pyridine rings is 1. The Labute approximate surface area is 139 Å². The fourth-order valence-corrected chi connectivity index (χ4v) is 2.84. The van der Waals surface area contributed by atoms with Crippen molar-refractivity contribution in [2.75, 3.05) is 6.54 Å². The predicted octanol–water partition coefficient (Wildman–Crippen LogP) is 1.52. The van der Waals surface area contributed by atoms with Gasteiger partial charge >= 0.3 is 6.03 Å². The van der Waals surface area contributed by atoms with Crippen LogP contribution in [0.2, 0.25) is 0 Å². The molecule has 1 aliphatic heterocycles. The highest BCUT2D eigenvalue weighted by Crippen LogP contribution is 2.30. The molecule has 8 nitrogen and oxygen atoms in total. The van der Waals surface area contributed by atoms with E-state index in [0.29, 0.717) is 12.3 Å². The molecule has 1 saturated heterocycles. The Hall–Kier alpha value is -2.90. The molecule has 0 aliphatic carbocycles. The van der Waals surface area contributed by atoms with Gasteiger partial charge in [-0.2, -0.15) is 0 Å².